The van der Waals surface area contributed by atoms with Gasteiger partial charge in [0, 0.05) is 19.7 Å². The van der Waals surface area contributed by atoms with Crippen LogP contribution < -0.4 is 5.56 Å². The third-order valence-corrected chi connectivity index (χ3v) is 4.45. The lowest BCUT2D eigenvalue weighted by Gasteiger charge is -2.35. The van der Waals surface area contributed by atoms with Gasteiger partial charge in [0.15, 0.2) is 0 Å². The number of aromatic amines is 1. The minimum atomic E-state index is -0.0587. The van der Waals surface area contributed by atoms with Crippen LogP contribution in [0.3, 0.4) is 0 Å². The molecule has 0 bridgehead atoms. The van der Waals surface area contributed by atoms with Crippen molar-refractivity contribution >= 4 is 10.9 Å². The van der Waals surface area contributed by atoms with Crippen LogP contribution in [0.25, 0.3) is 10.9 Å². The van der Waals surface area contributed by atoms with Crippen molar-refractivity contribution in [3.8, 4) is 0 Å². The number of hydrogen-bond acceptors (Lipinski definition) is 4. The molecule has 1 aromatic heterocycles. The molecule has 1 saturated heterocycles. The molecule has 0 aliphatic carbocycles. The van der Waals surface area contributed by atoms with Crippen LogP contribution in [0.15, 0.2) is 29.1 Å². The van der Waals surface area contributed by atoms with Gasteiger partial charge in [0.2, 0.25) is 0 Å². The Morgan fingerprint density at radius 1 is 1.36 bits per heavy atom. The van der Waals surface area contributed by atoms with Crippen molar-refractivity contribution in [1.29, 1.82) is 0 Å². The number of likely N-dealkylation sites (tertiary alicyclic amines) is 1. The van der Waals surface area contributed by atoms with E-state index in [1.54, 1.807) is 0 Å². The first-order valence-corrected chi connectivity index (χ1v) is 8.03. The third-order valence-electron chi connectivity index (χ3n) is 4.45. The summed E-state index contributed by atoms with van der Waals surface area (Å²) in [6.45, 7) is 6.87. The maximum Gasteiger partial charge on any atom is 0.258 e. The summed E-state index contributed by atoms with van der Waals surface area (Å²) in [6.07, 6.45) is 2.45. The first-order valence-electron chi connectivity index (χ1n) is 8.03. The van der Waals surface area contributed by atoms with Crippen LogP contribution in [0.4, 0.5) is 0 Å². The summed E-state index contributed by atoms with van der Waals surface area (Å²) in [5, 5.41) is 0.647. The zero-order chi connectivity index (χ0) is 15.5. The van der Waals surface area contributed by atoms with Gasteiger partial charge in [0.25, 0.3) is 5.56 Å². The van der Waals surface area contributed by atoms with E-state index >= 15 is 0 Å². The Bertz CT molecular complexity index is 690. The van der Waals surface area contributed by atoms with E-state index in [4.69, 9.17) is 4.74 Å². The summed E-state index contributed by atoms with van der Waals surface area (Å²) >= 11 is 0. The molecule has 1 aromatic carbocycles. The molecule has 0 radical (unpaired) electrons. The average molecular weight is 301 g/mol. The van der Waals surface area contributed by atoms with E-state index in [1.807, 2.05) is 31.2 Å². The van der Waals surface area contributed by atoms with Crippen LogP contribution in [0, 0.1) is 0 Å². The third kappa shape index (κ3) is 3.05. The standard InChI is InChI=1S/C17H23N3O2/c1-3-22-13-8-10-20(11-9-13)12(2)16-18-15-7-5-4-6-14(15)17(21)19-16/h4-7,12-13H,3,8-11H2,1-2H3,(H,18,19,21)/t12-/m1/s1. The highest BCUT2D eigenvalue weighted by atomic mass is 16.5. The molecular formula is C17H23N3O2. The fourth-order valence-electron chi connectivity index (χ4n) is 3.14. The average Bonchev–Trinajstić information content (AvgIpc) is 2.55. The van der Waals surface area contributed by atoms with E-state index in [-0.39, 0.29) is 11.6 Å². The molecule has 1 aliphatic rings. The molecule has 118 valence electrons. The fourth-order valence-corrected chi connectivity index (χ4v) is 3.14. The van der Waals surface area contributed by atoms with E-state index in [2.05, 4.69) is 21.8 Å². The second-order valence-corrected chi connectivity index (χ2v) is 5.83. The predicted molar refractivity (Wildman–Crippen MR) is 87.0 cm³/mol. The van der Waals surface area contributed by atoms with Crippen LogP contribution in [0.5, 0.6) is 0 Å². The summed E-state index contributed by atoms with van der Waals surface area (Å²) in [4.78, 5) is 22.1. The van der Waals surface area contributed by atoms with Crippen LogP contribution in [-0.2, 0) is 4.74 Å². The van der Waals surface area contributed by atoms with E-state index in [0.717, 1.165) is 43.9 Å². The summed E-state index contributed by atoms with van der Waals surface area (Å²) in [7, 11) is 0. The number of nitrogens with one attached hydrogen (secondary N) is 1. The minimum Gasteiger partial charge on any atom is -0.378 e. The van der Waals surface area contributed by atoms with E-state index in [9.17, 15) is 4.79 Å². The number of nitrogens with zero attached hydrogens (tertiary/aromatic N) is 2. The van der Waals surface area contributed by atoms with Gasteiger partial charge >= 0.3 is 0 Å². The molecule has 2 aromatic rings. The van der Waals surface area contributed by atoms with Gasteiger partial charge in [0.05, 0.1) is 23.0 Å². The highest BCUT2D eigenvalue weighted by Gasteiger charge is 2.25. The molecule has 22 heavy (non-hydrogen) atoms. The van der Waals surface area contributed by atoms with Gasteiger partial charge in [-0.3, -0.25) is 9.69 Å². The second-order valence-electron chi connectivity index (χ2n) is 5.83. The zero-order valence-electron chi connectivity index (χ0n) is 13.2. The SMILES string of the molecule is CCOC1CCN([C@H](C)c2nc3ccccc3c(=O)[nH]2)CC1. The lowest BCUT2D eigenvalue weighted by Crippen LogP contribution is -2.39. The first-order chi connectivity index (χ1) is 10.7. The Kier molecular flexibility index (Phi) is 4.55. The van der Waals surface area contributed by atoms with Crippen LogP contribution in [0.1, 0.15) is 38.6 Å². The Labute approximate surface area is 130 Å². The van der Waals surface area contributed by atoms with Gasteiger partial charge in [0.1, 0.15) is 5.82 Å². The fraction of sp³-hybridized carbons (Fsp3) is 0.529. The summed E-state index contributed by atoms with van der Waals surface area (Å²) in [5.74, 6) is 0.749. The van der Waals surface area contributed by atoms with Gasteiger partial charge in [-0.1, -0.05) is 12.1 Å². The Morgan fingerprint density at radius 2 is 2.09 bits per heavy atom. The molecular weight excluding hydrogens is 278 g/mol. The van der Waals surface area contributed by atoms with Crippen molar-refractivity contribution in [2.75, 3.05) is 19.7 Å². The van der Waals surface area contributed by atoms with Gasteiger partial charge in [-0.15, -0.1) is 0 Å². The molecule has 0 amide bonds. The topological polar surface area (TPSA) is 58.2 Å². The zero-order valence-corrected chi connectivity index (χ0v) is 13.2. The molecule has 1 atom stereocenters. The summed E-state index contributed by atoms with van der Waals surface area (Å²) < 4.78 is 5.69. The number of para-hydroxylation sites is 1. The second kappa shape index (κ2) is 6.58. The number of aromatic nitrogens is 2. The van der Waals surface area contributed by atoms with Crippen molar-refractivity contribution < 1.29 is 4.74 Å². The van der Waals surface area contributed by atoms with Crippen LogP contribution in [0.2, 0.25) is 0 Å². The molecule has 1 aliphatic heterocycles. The summed E-state index contributed by atoms with van der Waals surface area (Å²) in [5.41, 5.74) is 0.703. The number of benzene rings is 1. The summed E-state index contributed by atoms with van der Waals surface area (Å²) in [6, 6.07) is 7.59. The number of rotatable bonds is 4. The molecule has 0 saturated carbocycles. The number of ether oxygens (including phenoxy) is 1. The van der Waals surface area contributed by atoms with Crippen molar-refractivity contribution in [2.45, 2.75) is 38.8 Å². The Hall–Kier alpha value is -1.72. The number of H-pyrrole nitrogens is 1. The van der Waals surface area contributed by atoms with Crippen LogP contribution >= 0.6 is 0 Å². The van der Waals surface area contributed by atoms with Gasteiger partial charge in [-0.25, -0.2) is 4.98 Å². The van der Waals surface area contributed by atoms with Crippen molar-refractivity contribution in [3.05, 3.63) is 40.4 Å². The molecule has 2 heterocycles. The molecule has 1 N–H and O–H groups in total. The van der Waals surface area contributed by atoms with Crippen molar-refractivity contribution in [3.63, 3.8) is 0 Å². The number of piperidine rings is 1. The van der Waals surface area contributed by atoms with E-state index < -0.39 is 0 Å². The lowest BCUT2D eigenvalue weighted by molar-refractivity contribution is 0.00470. The largest absolute Gasteiger partial charge is 0.378 e. The molecule has 0 spiro atoms. The maximum atomic E-state index is 12.2. The van der Waals surface area contributed by atoms with E-state index in [1.165, 1.54) is 0 Å². The Balaban J connectivity index is 1.78. The predicted octanol–water partition coefficient (Wildman–Crippen LogP) is 2.49. The normalized spacial score (nSPS) is 18.6. The highest BCUT2D eigenvalue weighted by Crippen LogP contribution is 2.23. The number of hydrogen-bond donors (Lipinski definition) is 1. The maximum absolute atomic E-state index is 12.2. The van der Waals surface area contributed by atoms with Gasteiger partial charge in [-0.05, 0) is 38.8 Å². The van der Waals surface area contributed by atoms with Crippen molar-refractivity contribution in [2.24, 2.45) is 0 Å². The minimum absolute atomic E-state index is 0.0587. The highest BCUT2D eigenvalue weighted by molar-refractivity contribution is 5.77. The Morgan fingerprint density at radius 3 is 2.82 bits per heavy atom. The van der Waals surface area contributed by atoms with E-state index in [0.29, 0.717) is 11.5 Å². The lowest BCUT2D eigenvalue weighted by atomic mass is 10.1. The van der Waals surface area contributed by atoms with Gasteiger partial charge in [-0.2, -0.15) is 0 Å². The molecule has 5 nitrogen and oxygen atoms in total. The molecule has 1 fully saturated rings. The van der Waals surface area contributed by atoms with Crippen molar-refractivity contribution in [1.82, 2.24) is 14.9 Å². The molecule has 0 unspecified atom stereocenters. The van der Waals surface area contributed by atoms with Gasteiger partial charge < -0.3 is 9.72 Å². The van der Waals surface area contributed by atoms with Crippen LogP contribution in [-0.4, -0.2) is 40.7 Å². The number of fused-ring (bicyclic) bond motifs is 1. The first kappa shape index (κ1) is 15.2. The molecule has 3 rings (SSSR count). The molecule has 5 heteroatoms. The smallest absolute Gasteiger partial charge is 0.258 e. The monoisotopic (exact) mass is 301 g/mol. The quantitative estimate of drug-likeness (QED) is 0.942.